The molecular formula is C28H21N3O2S2. The van der Waals surface area contributed by atoms with Gasteiger partial charge >= 0.3 is 0 Å². The van der Waals surface area contributed by atoms with E-state index in [0.29, 0.717) is 29.1 Å². The van der Waals surface area contributed by atoms with Crippen molar-refractivity contribution in [1.29, 1.82) is 0 Å². The molecule has 0 saturated heterocycles. The fraction of sp³-hybridized carbons (Fsp3) is 0.0714. The number of hydrogen-bond acceptors (Lipinski definition) is 6. The van der Waals surface area contributed by atoms with Gasteiger partial charge in [0.25, 0.3) is 0 Å². The van der Waals surface area contributed by atoms with E-state index >= 15 is 0 Å². The van der Waals surface area contributed by atoms with Crippen LogP contribution >= 0.6 is 22.7 Å². The van der Waals surface area contributed by atoms with Gasteiger partial charge in [-0.05, 0) is 60.3 Å². The first-order valence-electron chi connectivity index (χ1n) is 11.1. The SMILES string of the molecule is Cc1ccc(Cc2nc3c(-c4ccc(-c5cccs5)s4)nc(-c4ccc(O)cc4)cn3c2O)cc1. The van der Waals surface area contributed by atoms with Crippen molar-refractivity contribution in [2.75, 3.05) is 0 Å². The number of fused-ring (bicyclic) bond motifs is 1. The molecule has 35 heavy (non-hydrogen) atoms. The molecule has 2 aromatic carbocycles. The van der Waals surface area contributed by atoms with Gasteiger partial charge in [-0.3, -0.25) is 4.40 Å². The topological polar surface area (TPSA) is 70.7 Å². The second-order valence-electron chi connectivity index (χ2n) is 8.40. The Kier molecular flexibility index (Phi) is 5.36. The third-order valence-electron chi connectivity index (χ3n) is 5.91. The molecule has 0 bridgehead atoms. The molecule has 172 valence electrons. The van der Waals surface area contributed by atoms with Crippen molar-refractivity contribution in [3.05, 3.63) is 101 Å². The summed E-state index contributed by atoms with van der Waals surface area (Å²) in [6.07, 6.45) is 2.33. The lowest BCUT2D eigenvalue weighted by molar-refractivity contribution is 0.442. The van der Waals surface area contributed by atoms with Gasteiger partial charge in [0, 0.05) is 27.9 Å². The summed E-state index contributed by atoms with van der Waals surface area (Å²) in [5.74, 6) is 0.305. The molecule has 5 nitrogen and oxygen atoms in total. The van der Waals surface area contributed by atoms with Crippen LogP contribution in [0.25, 0.3) is 37.2 Å². The number of phenolic OH excluding ortho intramolecular Hbond substituents is 1. The van der Waals surface area contributed by atoms with Gasteiger partial charge in [0.2, 0.25) is 5.88 Å². The largest absolute Gasteiger partial charge is 0.508 e. The fourth-order valence-electron chi connectivity index (χ4n) is 4.05. The third-order valence-corrected chi connectivity index (χ3v) is 8.07. The molecule has 0 aliphatic carbocycles. The van der Waals surface area contributed by atoms with Gasteiger partial charge in [-0.25, -0.2) is 9.97 Å². The van der Waals surface area contributed by atoms with Gasteiger partial charge < -0.3 is 10.2 Å². The van der Waals surface area contributed by atoms with E-state index in [9.17, 15) is 10.2 Å². The fourth-order valence-corrected chi connectivity index (χ4v) is 5.88. The third kappa shape index (κ3) is 4.09. The van der Waals surface area contributed by atoms with Crippen LogP contribution in [0.3, 0.4) is 0 Å². The molecule has 0 spiro atoms. The van der Waals surface area contributed by atoms with Crippen molar-refractivity contribution < 1.29 is 10.2 Å². The summed E-state index contributed by atoms with van der Waals surface area (Å²) < 4.78 is 1.72. The number of aryl methyl sites for hydroxylation is 1. The second kappa shape index (κ2) is 8.69. The van der Waals surface area contributed by atoms with E-state index in [0.717, 1.165) is 16.0 Å². The molecule has 4 heterocycles. The van der Waals surface area contributed by atoms with Crippen molar-refractivity contribution in [2.24, 2.45) is 0 Å². The van der Waals surface area contributed by atoms with Crippen LogP contribution in [0.5, 0.6) is 11.6 Å². The number of thiophene rings is 2. The Morgan fingerprint density at radius 1 is 0.829 bits per heavy atom. The summed E-state index contributed by atoms with van der Waals surface area (Å²) >= 11 is 3.36. The van der Waals surface area contributed by atoms with Crippen LogP contribution in [-0.2, 0) is 6.42 Å². The summed E-state index contributed by atoms with van der Waals surface area (Å²) in [6, 6.07) is 23.5. The van der Waals surface area contributed by atoms with Gasteiger partial charge in [0.05, 0.1) is 10.6 Å². The first-order chi connectivity index (χ1) is 17.0. The van der Waals surface area contributed by atoms with Crippen molar-refractivity contribution in [3.8, 4) is 43.2 Å². The standard InChI is InChI=1S/C28H21N3O2S2/c1-17-4-6-18(7-5-17)15-21-28(33)31-16-22(19-8-10-20(32)11-9-19)29-26(27(31)30-21)25-13-12-24(35-25)23-3-2-14-34-23/h2-14,16,32-33H,15H2,1H3. The molecule has 0 fully saturated rings. The highest BCUT2D eigenvalue weighted by Crippen LogP contribution is 2.39. The minimum absolute atomic E-state index is 0.110. The molecule has 7 heteroatoms. The van der Waals surface area contributed by atoms with Crippen LogP contribution in [0.2, 0.25) is 0 Å². The lowest BCUT2D eigenvalue weighted by Gasteiger charge is -2.07. The quantitative estimate of drug-likeness (QED) is 0.266. The molecular weight excluding hydrogens is 474 g/mol. The Morgan fingerprint density at radius 2 is 1.60 bits per heavy atom. The van der Waals surface area contributed by atoms with Crippen molar-refractivity contribution in [3.63, 3.8) is 0 Å². The average molecular weight is 496 g/mol. The zero-order valence-electron chi connectivity index (χ0n) is 18.8. The van der Waals surface area contributed by atoms with Crippen LogP contribution in [0.15, 0.2) is 84.4 Å². The second-order valence-corrected chi connectivity index (χ2v) is 10.4. The van der Waals surface area contributed by atoms with Gasteiger partial charge in [0.15, 0.2) is 5.65 Å². The van der Waals surface area contributed by atoms with Crippen LogP contribution in [0, 0.1) is 6.92 Å². The molecule has 0 saturated carbocycles. The highest BCUT2D eigenvalue weighted by molar-refractivity contribution is 7.23. The highest BCUT2D eigenvalue weighted by Gasteiger charge is 2.20. The minimum Gasteiger partial charge on any atom is -0.508 e. The smallest absolute Gasteiger partial charge is 0.219 e. The van der Waals surface area contributed by atoms with E-state index in [2.05, 4.69) is 54.8 Å². The number of imidazole rings is 1. The number of phenols is 1. The average Bonchev–Trinajstić information content (AvgIpc) is 3.62. The van der Waals surface area contributed by atoms with Crippen molar-refractivity contribution in [2.45, 2.75) is 13.3 Å². The van der Waals surface area contributed by atoms with Gasteiger partial charge in [0.1, 0.15) is 17.1 Å². The maximum atomic E-state index is 11.2. The van der Waals surface area contributed by atoms with Crippen LogP contribution in [-0.4, -0.2) is 24.6 Å². The van der Waals surface area contributed by atoms with Crippen LogP contribution in [0.4, 0.5) is 0 Å². The molecule has 0 unspecified atom stereocenters. The van der Waals surface area contributed by atoms with Gasteiger partial charge in [-0.2, -0.15) is 0 Å². The van der Waals surface area contributed by atoms with E-state index in [1.807, 2.05) is 18.2 Å². The summed E-state index contributed by atoms with van der Waals surface area (Å²) in [7, 11) is 0. The predicted molar refractivity (Wildman–Crippen MR) is 142 cm³/mol. The lowest BCUT2D eigenvalue weighted by Crippen LogP contribution is -1.95. The summed E-state index contributed by atoms with van der Waals surface area (Å²) in [6.45, 7) is 2.06. The number of aromatic hydroxyl groups is 2. The Hall–Kier alpha value is -3.94. The maximum absolute atomic E-state index is 11.2. The predicted octanol–water partition coefficient (Wildman–Crippen LogP) is 7.16. The normalized spacial score (nSPS) is 11.3. The van der Waals surface area contributed by atoms with Gasteiger partial charge in [-0.1, -0.05) is 35.9 Å². The van der Waals surface area contributed by atoms with Crippen molar-refractivity contribution in [1.82, 2.24) is 14.4 Å². The van der Waals surface area contributed by atoms with Gasteiger partial charge in [-0.15, -0.1) is 22.7 Å². The van der Waals surface area contributed by atoms with E-state index in [-0.39, 0.29) is 11.6 Å². The zero-order valence-corrected chi connectivity index (χ0v) is 20.5. The monoisotopic (exact) mass is 495 g/mol. The molecule has 0 amide bonds. The molecule has 0 aliphatic heterocycles. The molecule has 2 N–H and O–H groups in total. The minimum atomic E-state index is 0.110. The summed E-state index contributed by atoms with van der Waals surface area (Å²) in [5.41, 5.74) is 5.74. The Morgan fingerprint density at radius 3 is 2.34 bits per heavy atom. The Balaban J connectivity index is 1.52. The number of benzene rings is 2. The Labute approximate surface area is 210 Å². The first-order valence-corrected chi connectivity index (χ1v) is 12.8. The van der Waals surface area contributed by atoms with E-state index in [1.165, 1.54) is 15.3 Å². The van der Waals surface area contributed by atoms with E-state index < -0.39 is 0 Å². The van der Waals surface area contributed by atoms with Crippen LogP contribution < -0.4 is 0 Å². The number of rotatable bonds is 5. The zero-order chi connectivity index (χ0) is 23.9. The highest BCUT2D eigenvalue weighted by atomic mass is 32.1. The summed E-state index contributed by atoms with van der Waals surface area (Å²) in [4.78, 5) is 13.2. The number of nitrogens with zero attached hydrogens (tertiary/aromatic N) is 3. The summed E-state index contributed by atoms with van der Waals surface area (Å²) in [5, 5.41) is 23.0. The van der Waals surface area contributed by atoms with E-state index in [1.54, 1.807) is 45.4 Å². The molecule has 4 aromatic heterocycles. The Bertz CT molecular complexity index is 1630. The maximum Gasteiger partial charge on any atom is 0.219 e. The van der Waals surface area contributed by atoms with Crippen molar-refractivity contribution >= 4 is 28.3 Å². The molecule has 6 rings (SSSR count). The molecule has 6 aromatic rings. The lowest BCUT2D eigenvalue weighted by atomic mass is 10.1. The molecule has 0 aliphatic rings. The van der Waals surface area contributed by atoms with Crippen LogP contribution in [0.1, 0.15) is 16.8 Å². The molecule has 0 atom stereocenters. The molecule has 0 radical (unpaired) electrons. The number of aromatic nitrogens is 3. The number of hydrogen-bond donors (Lipinski definition) is 2. The van der Waals surface area contributed by atoms with E-state index in [4.69, 9.17) is 9.97 Å². The first kappa shape index (κ1) is 21.6.